The summed E-state index contributed by atoms with van der Waals surface area (Å²) in [5.74, 6) is 0.321. The van der Waals surface area contributed by atoms with Gasteiger partial charge in [0.25, 0.3) is 5.89 Å². The van der Waals surface area contributed by atoms with Gasteiger partial charge in [-0.2, -0.15) is 4.98 Å². The van der Waals surface area contributed by atoms with E-state index in [1.807, 2.05) is 0 Å². The first-order chi connectivity index (χ1) is 10.1. The molecule has 5 nitrogen and oxygen atoms in total. The van der Waals surface area contributed by atoms with Crippen molar-refractivity contribution in [3.63, 3.8) is 0 Å². The van der Waals surface area contributed by atoms with E-state index in [1.165, 1.54) is 12.1 Å². The number of halogens is 1. The molecule has 104 valence electrons. The summed E-state index contributed by atoms with van der Waals surface area (Å²) in [4.78, 5) is 4.23. The summed E-state index contributed by atoms with van der Waals surface area (Å²) < 4.78 is 18.0. The Morgan fingerprint density at radius 3 is 2.14 bits per heavy atom. The highest BCUT2D eigenvalue weighted by atomic mass is 19.1. The first-order valence-electron chi connectivity index (χ1n) is 6.19. The fourth-order valence-electron chi connectivity index (χ4n) is 1.85. The van der Waals surface area contributed by atoms with Crippen LogP contribution in [0.2, 0.25) is 0 Å². The normalized spacial score (nSPS) is 10.6. The van der Waals surface area contributed by atoms with Crippen molar-refractivity contribution in [2.45, 2.75) is 0 Å². The molecule has 0 aliphatic rings. The van der Waals surface area contributed by atoms with Gasteiger partial charge in [0.1, 0.15) is 5.82 Å². The summed E-state index contributed by atoms with van der Waals surface area (Å²) in [6.45, 7) is 0. The van der Waals surface area contributed by atoms with Gasteiger partial charge in [-0.3, -0.25) is 0 Å². The molecule has 0 fully saturated rings. The quantitative estimate of drug-likeness (QED) is 0.707. The highest BCUT2D eigenvalue weighted by molar-refractivity contribution is 6.58. The highest BCUT2D eigenvalue weighted by Gasteiger charge is 2.13. The number of benzene rings is 2. The number of nitrogens with zero attached hydrogens (tertiary/aromatic N) is 2. The van der Waals surface area contributed by atoms with Gasteiger partial charge in [0, 0.05) is 11.1 Å². The predicted molar refractivity (Wildman–Crippen MR) is 75.0 cm³/mol. The summed E-state index contributed by atoms with van der Waals surface area (Å²) in [7, 11) is -1.51. The molecular weight excluding hydrogens is 274 g/mol. The van der Waals surface area contributed by atoms with Gasteiger partial charge in [0.15, 0.2) is 0 Å². The smallest absolute Gasteiger partial charge is 0.423 e. The molecule has 7 heteroatoms. The molecule has 0 saturated heterocycles. The summed E-state index contributed by atoms with van der Waals surface area (Å²) in [5.41, 5.74) is 1.68. The van der Waals surface area contributed by atoms with E-state index in [2.05, 4.69) is 10.1 Å². The molecular formula is C14H10BFN2O3. The Labute approximate surface area is 119 Å². The van der Waals surface area contributed by atoms with Crippen LogP contribution in [0.1, 0.15) is 0 Å². The Balaban J connectivity index is 1.89. The Morgan fingerprint density at radius 2 is 1.52 bits per heavy atom. The summed E-state index contributed by atoms with van der Waals surface area (Å²) in [6.07, 6.45) is 0. The van der Waals surface area contributed by atoms with Crippen molar-refractivity contribution in [3.05, 3.63) is 54.3 Å². The molecule has 0 saturated carbocycles. The lowest BCUT2D eigenvalue weighted by Gasteiger charge is -1.99. The third kappa shape index (κ3) is 2.83. The molecule has 3 rings (SSSR count). The first kappa shape index (κ1) is 13.5. The highest BCUT2D eigenvalue weighted by Crippen LogP contribution is 2.21. The van der Waals surface area contributed by atoms with Gasteiger partial charge in [-0.05, 0) is 29.7 Å². The number of rotatable bonds is 3. The van der Waals surface area contributed by atoms with Gasteiger partial charge in [-0.1, -0.05) is 29.4 Å². The Hall–Kier alpha value is -2.51. The van der Waals surface area contributed by atoms with Crippen molar-refractivity contribution in [1.29, 1.82) is 0 Å². The molecule has 21 heavy (non-hydrogen) atoms. The van der Waals surface area contributed by atoms with Crippen LogP contribution in [-0.2, 0) is 0 Å². The Morgan fingerprint density at radius 1 is 0.905 bits per heavy atom. The van der Waals surface area contributed by atoms with Crippen LogP contribution in [-0.4, -0.2) is 27.3 Å². The van der Waals surface area contributed by atoms with Crippen molar-refractivity contribution in [1.82, 2.24) is 10.1 Å². The third-order valence-electron chi connectivity index (χ3n) is 2.98. The molecule has 0 atom stereocenters. The second kappa shape index (κ2) is 5.47. The van der Waals surface area contributed by atoms with Crippen LogP contribution < -0.4 is 5.46 Å². The van der Waals surface area contributed by atoms with E-state index in [0.29, 0.717) is 22.4 Å². The second-order valence-electron chi connectivity index (χ2n) is 4.43. The molecule has 0 aliphatic heterocycles. The van der Waals surface area contributed by atoms with Gasteiger partial charge in [0.05, 0.1) is 0 Å². The van der Waals surface area contributed by atoms with Crippen molar-refractivity contribution in [2.24, 2.45) is 0 Å². The summed E-state index contributed by atoms with van der Waals surface area (Å²) >= 11 is 0. The molecule has 3 aromatic rings. The predicted octanol–water partition coefficient (Wildman–Crippen LogP) is 1.22. The molecule has 2 N–H and O–H groups in total. The molecule has 0 aliphatic carbocycles. The van der Waals surface area contributed by atoms with Gasteiger partial charge in [0.2, 0.25) is 5.82 Å². The fraction of sp³-hybridized carbons (Fsp3) is 0. The van der Waals surface area contributed by atoms with E-state index in [1.54, 1.807) is 36.4 Å². The van der Waals surface area contributed by atoms with Crippen LogP contribution in [0.4, 0.5) is 4.39 Å². The standard InChI is InChI=1S/C14H10BFN2O3/c16-12-7-3-10(4-8-12)14-17-13(18-21-14)9-1-5-11(6-2-9)15(19)20/h1-8,19-20H. The zero-order valence-corrected chi connectivity index (χ0v) is 10.8. The minimum Gasteiger partial charge on any atom is -0.423 e. The topological polar surface area (TPSA) is 79.4 Å². The van der Waals surface area contributed by atoms with Crippen LogP contribution in [0.3, 0.4) is 0 Å². The Kier molecular flexibility index (Phi) is 3.51. The van der Waals surface area contributed by atoms with E-state index in [4.69, 9.17) is 14.6 Å². The van der Waals surface area contributed by atoms with Crippen LogP contribution >= 0.6 is 0 Å². The monoisotopic (exact) mass is 284 g/mol. The molecule has 1 heterocycles. The van der Waals surface area contributed by atoms with Crippen LogP contribution in [0.25, 0.3) is 22.8 Å². The van der Waals surface area contributed by atoms with Gasteiger partial charge < -0.3 is 14.6 Å². The lowest BCUT2D eigenvalue weighted by atomic mass is 9.80. The lowest BCUT2D eigenvalue weighted by molar-refractivity contribution is 0.426. The molecule has 2 aromatic carbocycles. The summed E-state index contributed by atoms with van der Waals surface area (Å²) in [5, 5.41) is 21.9. The minimum absolute atomic E-state index is 0.288. The van der Waals surface area contributed by atoms with Gasteiger partial charge in [-0.25, -0.2) is 4.39 Å². The van der Waals surface area contributed by atoms with Crippen LogP contribution in [0, 0.1) is 5.82 Å². The average molecular weight is 284 g/mol. The van der Waals surface area contributed by atoms with E-state index in [-0.39, 0.29) is 11.7 Å². The Bertz CT molecular complexity index is 742. The van der Waals surface area contributed by atoms with Crippen molar-refractivity contribution in [2.75, 3.05) is 0 Å². The molecule has 0 amide bonds. The number of aromatic nitrogens is 2. The lowest BCUT2D eigenvalue weighted by Crippen LogP contribution is -2.29. The maximum atomic E-state index is 12.9. The average Bonchev–Trinajstić information content (AvgIpc) is 2.98. The maximum absolute atomic E-state index is 12.9. The number of hydrogen-bond donors (Lipinski definition) is 2. The van der Waals surface area contributed by atoms with E-state index < -0.39 is 7.12 Å². The number of hydrogen-bond acceptors (Lipinski definition) is 5. The van der Waals surface area contributed by atoms with Crippen molar-refractivity contribution in [3.8, 4) is 22.8 Å². The zero-order valence-electron chi connectivity index (χ0n) is 10.8. The van der Waals surface area contributed by atoms with Crippen molar-refractivity contribution >= 4 is 12.6 Å². The molecule has 1 aromatic heterocycles. The molecule has 0 spiro atoms. The maximum Gasteiger partial charge on any atom is 0.488 e. The van der Waals surface area contributed by atoms with Gasteiger partial charge in [-0.15, -0.1) is 0 Å². The fourth-order valence-corrected chi connectivity index (χ4v) is 1.85. The SMILES string of the molecule is OB(O)c1ccc(-c2noc(-c3ccc(F)cc3)n2)cc1. The second-order valence-corrected chi connectivity index (χ2v) is 4.43. The minimum atomic E-state index is -1.51. The van der Waals surface area contributed by atoms with E-state index in [9.17, 15) is 4.39 Å². The molecule has 0 bridgehead atoms. The van der Waals surface area contributed by atoms with E-state index >= 15 is 0 Å². The van der Waals surface area contributed by atoms with Crippen LogP contribution in [0.5, 0.6) is 0 Å². The van der Waals surface area contributed by atoms with Crippen molar-refractivity contribution < 1.29 is 19.0 Å². The summed E-state index contributed by atoms with van der Waals surface area (Å²) in [6, 6.07) is 12.2. The van der Waals surface area contributed by atoms with Gasteiger partial charge >= 0.3 is 7.12 Å². The molecule has 0 radical (unpaired) electrons. The third-order valence-corrected chi connectivity index (χ3v) is 2.98. The molecule has 0 unspecified atom stereocenters. The zero-order chi connectivity index (χ0) is 14.8. The first-order valence-corrected chi connectivity index (χ1v) is 6.19. The van der Waals surface area contributed by atoms with Crippen LogP contribution in [0.15, 0.2) is 53.1 Å². The largest absolute Gasteiger partial charge is 0.488 e. The van der Waals surface area contributed by atoms with E-state index in [0.717, 1.165) is 0 Å².